The van der Waals surface area contributed by atoms with E-state index in [9.17, 15) is 14.4 Å². The summed E-state index contributed by atoms with van der Waals surface area (Å²) >= 11 is 7.40. The van der Waals surface area contributed by atoms with E-state index in [1.807, 2.05) is 6.26 Å². The number of hydrogen-bond donors (Lipinski definition) is 1. The van der Waals surface area contributed by atoms with Gasteiger partial charge >= 0.3 is 5.97 Å². The lowest BCUT2D eigenvalue weighted by Gasteiger charge is -2.24. The average Bonchev–Trinajstić information content (AvgIpc) is 2.60. The van der Waals surface area contributed by atoms with Gasteiger partial charge in [-0.05, 0) is 62.0 Å². The molecule has 0 heterocycles. The molecule has 1 fully saturated rings. The van der Waals surface area contributed by atoms with Gasteiger partial charge in [0, 0.05) is 17.0 Å². The van der Waals surface area contributed by atoms with Crippen LogP contribution in [0, 0.1) is 0 Å². The highest BCUT2D eigenvalue weighted by molar-refractivity contribution is 7.98. The van der Waals surface area contributed by atoms with Gasteiger partial charge in [0.05, 0.1) is 0 Å². The second kappa shape index (κ2) is 9.82. The van der Waals surface area contributed by atoms with Crippen molar-refractivity contribution in [3.8, 4) is 0 Å². The Morgan fingerprint density at radius 3 is 2.68 bits per heavy atom. The Bertz CT molecular complexity index is 620. The van der Waals surface area contributed by atoms with Crippen molar-refractivity contribution in [1.82, 2.24) is 5.32 Å². The molecule has 0 aliphatic heterocycles. The third kappa shape index (κ3) is 6.04. The van der Waals surface area contributed by atoms with Gasteiger partial charge in [0.25, 0.3) is 5.91 Å². The lowest BCUT2D eigenvalue weighted by Crippen LogP contribution is -2.44. The molecule has 1 aliphatic carbocycles. The standard InChI is InChI=1S/C18H22ClNO4S/c1-25-11-10-14(18(23)24-16-5-3-2-4-15(16)21)20-17(22)12-6-8-13(19)9-7-12/h6-9,14,16H,2-5,10-11H2,1H3,(H,20,22)/t14-,16+/m1/s1. The van der Waals surface area contributed by atoms with Crippen molar-refractivity contribution in [2.24, 2.45) is 0 Å². The van der Waals surface area contributed by atoms with Crippen molar-refractivity contribution in [2.75, 3.05) is 12.0 Å². The van der Waals surface area contributed by atoms with Gasteiger partial charge in [-0.25, -0.2) is 4.79 Å². The van der Waals surface area contributed by atoms with Crippen molar-refractivity contribution >= 4 is 41.0 Å². The van der Waals surface area contributed by atoms with Gasteiger partial charge in [-0.2, -0.15) is 11.8 Å². The fraction of sp³-hybridized carbons (Fsp3) is 0.500. The first-order valence-electron chi connectivity index (χ1n) is 8.30. The summed E-state index contributed by atoms with van der Waals surface area (Å²) < 4.78 is 5.39. The minimum absolute atomic E-state index is 0.0350. The number of thioether (sulfide) groups is 1. The number of carbonyl (C=O) groups is 3. The first-order valence-corrected chi connectivity index (χ1v) is 10.1. The molecule has 0 unspecified atom stereocenters. The molecular weight excluding hydrogens is 362 g/mol. The van der Waals surface area contributed by atoms with Crippen LogP contribution in [0.25, 0.3) is 0 Å². The number of halogens is 1. The summed E-state index contributed by atoms with van der Waals surface area (Å²) in [5.74, 6) is -0.252. The van der Waals surface area contributed by atoms with Crippen LogP contribution in [0.2, 0.25) is 5.02 Å². The molecule has 1 aromatic carbocycles. The highest BCUT2D eigenvalue weighted by atomic mass is 35.5. The maximum Gasteiger partial charge on any atom is 0.329 e. The summed E-state index contributed by atoms with van der Waals surface area (Å²) in [4.78, 5) is 36.7. The molecule has 0 bridgehead atoms. The molecule has 1 N–H and O–H groups in total. The molecule has 136 valence electrons. The molecule has 1 saturated carbocycles. The van der Waals surface area contributed by atoms with Gasteiger partial charge in [0.2, 0.25) is 0 Å². The molecule has 25 heavy (non-hydrogen) atoms. The van der Waals surface area contributed by atoms with E-state index in [4.69, 9.17) is 16.3 Å². The number of ether oxygens (including phenoxy) is 1. The van der Waals surface area contributed by atoms with Gasteiger partial charge in [-0.3, -0.25) is 9.59 Å². The van der Waals surface area contributed by atoms with E-state index in [2.05, 4.69) is 5.32 Å². The predicted molar refractivity (Wildman–Crippen MR) is 99.1 cm³/mol. The lowest BCUT2D eigenvalue weighted by atomic mass is 9.96. The zero-order chi connectivity index (χ0) is 18.2. The summed E-state index contributed by atoms with van der Waals surface area (Å²) in [6.45, 7) is 0. The summed E-state index contributed by atoms with van der Waals surface area (Å²) in [5.41, 5.74) is 0.417. The topological polar surface area (TPSA) is 72.5 Å². The summed E-state index contributed by atoms with van der Waals surface area (Å²) in [7, 11) is 0. The van der Waals surface area contributed by atoms with E-state index < -0.39 is 18.1 Å². The van der Waals surface area contributed by atoms with Crippen molar-refractivity contribution in [3.05, 3.63) is 34.9 Å². The fourth-order valence-corrected chi connectivity index (χ4v) is 3.22. The largest absolute Gasteiger partial charge is 0.453 e. The molecule has 2 atom stereocenters. The summed E-state index contributed by atoms with van der Waals surface area (Å²) in [5, 5.41) is 3.24. The number of amides is 1. The van der Waals surface area contributed by atoms with Crippen LogP contribution in [-0.2, 0) is 14.3 Å². The Labute approximate surface area is 156 Å². The normalized spacial score (nSPS) is 18.5. The molecule has 0 saturated heterocycles. The molecule has 5 nitrogen and oxygen atoms in total. The number of benzene rings is 1. The van der Waals surface area contributed by atoms with Gasteiger partial charge in [0.15, 0.2) is 11.9 Å². The molecule has 0 aromatic heterocycles. The Morgan fingerprint density at radius 1 is 1.32 bits per heavy atom. The van der Waals surface area contributed by atoms with Crippen LogP contribution in [0.3, 0.4) is 0 Å². The van der Waals surface area contributed by atoms with Crippen molar-refractivity contribution in [1.29, 1.82) is 0 Å². The molecule has 2 rings (SSSR count). The molecule has 1 aliphatic rings. The summed E-state index contributed by atoms with van der Waals surface area (Å²) in [6.07, 6.45) is 4.42. The lowest BCUT2D eigenvalue weighted by molar-refractivity contribution is -0.158. The predicted octanol–water partition coefficient (Wildman–Crippen LogP) is 3.25. The third-order valence-corrected chi connectivity index (χ3v) is 4.96. The number of esters is 1. The van der Waals surface area contributed by atoms with Gasteiger partial charge in [0.1, 0.15) is 6.04 Å². The quantitative estimate of drug-likeness (QED) is 0.732. The highest BCUT2D eigenvalue weighted by Crippen LogP contribution is 2.18. The van der Waals surface area contributed by atoms with Gasteiger partial charge in [-0.15, -0.1) is 0 Å². The van der Waals surface area contributed by atoms with Crippen LogP contribution in [0.4, 0.5) is 0 Å². The second-order valence-electron chi connectivity index (χ2n) is 5.95. The fourth-order valence-electron chi connectivity index (χ4n) is 2.63. The monoisotopic (exact) mass is 383 g/mol. The Hall–Kier alpha value is -1.53. The van der Waals surface area contributed by atoms with E-state index >= 15 is 0 Å². The highest BCUT2D eigenvalue weighted by Gasteiger charge is 2.30. The van der Waals surface area contributed by atoms with E-state index in [0.717, 1.165) is 12.8 Å². The molecule has 0 spiro atoms. The van der Waals surface area contributed by atoms with Crippen LogP contribution in [-0.4, -0.2) is 41.8 Å². The summed E-state index contributed by atoms with van der Waals surface area (Å²) in [6, 6.07) is 5.66. The third-order valence-electron chi connectivity index (χ3n) is 4.06. The number of Topliss-reactive ketones (excluding diaryl/α,β-unsaturated/α-hetero) is 1. The average molecular weight is 384 g/mol. The minimum Gasteiger partial charge on any atom is -0.453 e. The Balaban J connectivity index is 2.01. The Morgan fingerprint density at radius 2 is 2.04 bits per heavy atom. The molecule has 0 radical (unpaired) electrons. The van der Waals surface area contributed by atoms with Crippen LogP contribution < -0.4 is 5.32 Å². The van der Waals surface area contributed by atoms with Crippen molar-refractivity contribution in [2.45, 2.75) is 44.2 Å². The SMILES string of the molecule is CSCC[C@@H](NC(=O)c1ccc(Cl)cc1)C(=O)O[C@H]1CCCCC1=O. The Kier molecular flexibility index (Phi) is 7.78. The van der Waals surface area contributed by atoms with Gasteiger partial charge < -0.3 is 10.1 Å². The second-order valence-corrected chi connectivity index (χ2v) is 7.37. The number of carbonyl (C=O) groups excluding carboxylic acids is 3. The van der Waals surface area contributed by atoms with Crippen molar-refractivity contribution in [3.63, 3.8) is 0 Å². The first-order chi connectivity index (χ1) is 12.0. The number of rotatable bonds is 7. The number of ketones is 1. The van der Waals surface area contributed by atoms with E-state index in [1.165, 1.54) is 0 Å². The van der Waals surface area contributed by atoms with Crippen LogP contribution in [0.15, 0.2) is 24.3 Å². The van der Waals surface area contributed by atoms with Crippen LogP contribution in [0.1, 0.15) is 42.5 Å². The maximum atomic E-state index is 12.5. The van der Waals surface area contributed by atoms with Crippen molar-refractivity contribution < 1.29 is 19.1 Å². The van der Waals surface area contributed by atoms with E-state index in [1.54, 1.807) is 36.0 Å². The van der Waals surface area contributed by atoms with Crippen LogP contribution >= 0.6 is 23.4 Å². The minimum atomic E-state index is -0.773. The molecule has 1 amide bonds. The molecular formula is C18H22ClNO4S. The smallest absolute Gasteiger partial charge is 0.329 e. The van der Waals surface area contributed by atoms with Crippen LogP contribution in [0.5, 0.6) is 0 Å². The number of nitrogens with one attached hydrogen (secondary N) is 1. The van der Waals surface area contributed by atoms with E-state index in [-0.39, 0.29) is 11.7 Å². The maximum absolute atomic E-state index is 12.5. The molecule has 1 aromatic rings. The zero-order valence-corrected chi connectivity index (χ0v) is 15.7. The first kappa shape index (κ1) is 19.8. The van der Waals surface area contributed by atoms with Gasteiger partial charge in [-0.1, -0.05) is 11.6 Å². The molecule has 7 heteroatoms. The number of hydrogen-bond acceptors (Lipinski definition) is 5. The zero-order valence-electron chi connectivity index (χ0n) is 14.1. The van der Waals surface area contributed by atoms with E-state index in [0.29, 0.717) is 35.6 Å².